The van der Waals surface area contributed by atoms with Gasteiger partial charge in [0.05, 0.1) is 0 Å². The van der Waals surface area contributed by atoms with Gasteiger partial charge in [-0.05, 0) is 35.9 Å². The van der Waals surface area contributed by atoms with Gasteiger partial charge in [0.2, 0.25) is 0 Å². The summed E-state index contributed by atoms with van der Waals surface area (Å²) in [7, 11) is 0. The Morgan fingerprint density at radius 2 is 1.94 bits per heavy atom. The minimum atomic E-state index is 0.683. The smallest absolute Gasteiger partial charge is 0.139 e. The molecule has 3 nitrogen and oxygen atoms in total. The Kier molecular flexibility index (Phi) is 4.42. The highest BCUT2D eigenvalue weighted by atomic mass is 79.9. The van der Waals surface area contributed by atoms with Crippen LogP contribution in [0.2, 0.25) is 0 Å². The molecule has 1 heterocycles. The predicted molar refractivity (Wildman–Crippen MR) is 75.8 cm³/mol. The monoisotopic (exact) mass is 309 g/mol. The van der Waals surface area contributed by atoms with Crippen molar-refractivity contribution in [2.24, 2.45) is 5.84 Å². The fraction of sp³-hybridized carbons (Fsp3) is 0.0833. The summed E-state index contributed by atoms with van der Waals surface area (Å²) < 4.78 is 1.10. The highest BCUT2D eigenvalue weighted by Gasteiger charge is 1.97. The Bertz CT molecular complexity index is 470. The number of thioether (sulfide) groups is 1. The van der Waals surface area contributed by atoms with Crippen LogP contribution in [0.25, 0.3) is 0 Å². The molecule has 0 fully saturated rings. The molecule has 0 aliphatic rings. The zero-order valence-electron chi connectivity index (χ0n) is 9.06. The van der Waals surface area contributed by atoms with Crippen molar-refractivity contribution in [3.8, 4) is 0 Å². The molecule has 3 N–H and O–H groups in total. The third-order valence-corrected chi connectivity index (χ3v) is 3.80. The molecule has 0 amide bonds. The van der Waals surface area contributed by atoms with Crippen molar-refractivity contribution in [1.29, 1.82) is 0 Å². The van der Waals surface area contributed by atoms with Crippen LogP contribution in [0.1, 0.15) is 5.56 Å². The third-order valence-electron chi connectivity index (χ3n) is 2.19. The first-order chi connectivity index (χ1) is 8.28. The SMILES string of the molecule is NNc1ccc(CSc2ccc(Br)cc2)cn1. The van der Waals surface area contributed by atoms with Gasteiger partial charge >= 0.3 is 0 Å². The van der Waals surface area contributed by atoms with Gasteiger partial charge in [-0.15, -0.1) is 11.8 Å². The lowest BCUT2D eigenvalue weighted by atomic mass is 10.3. The average Bonchev–Trinajstić information content (AvgIpc) is 2.39. The fourth-order valence-corrected chi connectivity index (χ4v) is 2.39. The van der Waals surface area contributed by atoms with Crippen molar-refractivity contribution < 1.29 is 0 Å². The number of pyridine rings is 1. The maximum atomic E-state index is 5.26. The van der Waals surface area contributed by atoms with Crippen LogP contribution in [0, 0.1) is 0 Å². The second kappa shape index (κ2) is 6.05. The van der Waals surface area contributed by atoms with Crippen LogP contribution in [-0.4, -0.2) is 4.98 Å². The molecule has 0 bridgehead atoms. The van der Waals surface area contributed by atoms with Crippen LogP contribution < -0.4 is 11.3 Å². The van der Waals surface area contributed by atoms with Gasteiger partial charge in [0.15, 0.2) is 0 Å². The normalized spacial score (nSPS) is 10.2. The lowest BCUT2D eigenvalue weighted by Gasteiger charge is -2.03. The number of anilines is 1. The van der Waals surface area contributed by atoms with Crippen LogP contribution in [0.3, 0.4) is 0 Å². The summed E-state index contributed by atoms with van der Waals surface area (Å²) in [5, 5.41) is 0. The van der Waals surface area contributed by atoms with Crippen molar-refractivity contribution in [2.75, 3.05) is 5.43 Å². The van der Waals surface area contributed by atoms with E-state index in [1.54, 1.807) is 11.8 Å². The van der Waals surface area contributed by atoms with E-state index in [0.717, 1.165) is 10.2 Å². The zero-order chi connectivity index (χ0) is 12.1. The van der Waals surface area contributed by atoms with Gasteiger partial charge in [0.1, 0.15) is 5.82 Å². The minimum Gasteiger partial charge on any atom is -0.308 e. The van der Waals surface area contributed by atoms with Crippen molar-refractivity contribution in [3.63, 3.8) is 0 Å². The molecular formula is C12H12BrN3S. The molecule has 88 valence electrons. The van der Waals surface area contributed by atoms with E-state index >= 15 is 0 Å². The number of nitrogens with two attached hydrogens (primary N) is 1. The number of hydrazine groups is 1. The Morgan fingerprint density at radius 1 is 1.18 bits per heavy atom. The number of aromatic nitrogens is 1. The van der Waals surface area contributed by atoms with E-state index in [0.29, 0.717) is 5.82 Å². The maximum Gasteiger partial charge on any atom is 0.139 e. The minimum absolute atomic E-state index is 0.683. The summed E-state index contributed by atoms with van der Waals surface area (Å²) in [6.07, 6.45) is 1.83. The predicted octanol–water partition coefficient (Wildman–Crippen LogP) is 3.42. The molecule has 2 rings (SSSR count). The summed E-state index contributed by atoms with van der Waals surface area (Å²) in [5.74, 6) is 6.84. The Balaban J connectivity index is 1.95. The number of halogens is 1. The number of rotatable bonds is 4. The molecule has 0 radical (unpaired) electrons. The van der Waals surface area contributed by atoms with E-state index in [-0.39, 0.29) is 0 Å². The van der Waals surface area contributed by atoms with Gasteiger partial charge in [-0.1, -0.05) is 22.0 Å². The number of nitrogens with zero attached hydrogens (tertiary/aromatic N) is 1. The summed E-state index contributed by atoms with van der Waals surface area (Å²) in [6.45, 7) is 0. The van der Waals surface area contributed by atoms with Crippen molar-refractivity contribution >= 4 is 33.5 Å². The van der Waals surface area contributed by atoms with Gasteiger partial charge in [-0.3, -0.25) is 0 Å². The van der Waals surface area contributed by atoms with Crippen molar-refractivity contribution in [3.05, 3.63) is 52.6 Å². The van der Waals surface area contributed by atoms with Crippen LogP contribution in [-0.2, 0) is 5.75 Å². The maximum absolute atomic E-state index is 5.26. The summed E-state index contributed by atoms with van der Waals surface area (Å²) in [4.78, 5) is 5.41. The topological polar surface area (TPSA) is 50.9 Å². The van der Waals surface area contributed by atoms with Gasteiger partial charge in [0.25, 0.3) is 0 Å². The van der Waals surface area contributed by atoms with E-state index in [2.05, 4.69) is 38.5 Å². The highest BCUT2D eigenvalue weighted by molar-refractivity contribution is 9.10. The lowest BCUT2D eigenvalue weighted by Crippen LogP contribution is -2.08. The van der Waals surface area contributed by atoms with E-state index < -0.39 is 0 Å². The molecule has 1 aromatic carbocycles. The van der Waals surface area contributed by atoms with E-state index in [9.17, 15) is 0 Å². The van der Waals surface area contributed by atoms with E-state index in [1.165, 1.54) is 10.5 Å². The van der Waals surface area contributed by atoms with Crippen LogP contribution in [0.5, 0.6) is 0 Å². The quantitative estimate of drug-likeness (QED) is 0.516. The Hall–Kier alpha value is -1.04. The van der Waals surface area contributed by atoms with E-state index in [4.69, 9.17) is 5.84 Å². The Labute approximate surface area is 113 Å². The third kappa shape index (κ3) is 3.73. The fourth-order valence-electron chi connectivity index (χ4n) is 1.29. The molecule has 0 unspecified atom stereocenters. The number of nitrogens with one attached hydrogen (secondary N) is 1. The molecule has 17 heavy (non-hydrogen) atoms. The van der Waals surface area contributed by atoms with Crippen LogP contribution in [0.15, 0.2) is 52.0 Å². The van der Waals surface area contributed by atoms with Crippen LogP contribution in [0.4, 0.5) is 5.82 Å². The molecule has 1 aromatic heterocycles. The lowest BCUT2D eigenvalue weighted by molar-refractivity contribution is 1.19. The second-order valence-corrected chi connectivity index (χ2v) is 5.40. The molecule has 0 saturated heterocycles. The molecule has 0 aliphatic carbocycles. The first kappa shape index (κ1) is 12.4. The van der Waals surface area contributed by atoms with E-state index in [1.807, 2.05) is 30.5 Å². The highest BCUT2D eigenvalue weighted by Crippen LogP contribution is 2.24. The van der Waals surface area contributed by atoms with Gasteiger partial charge in [0, 0.05) is 21.3 Å². The molecule has 0 aliphatic heterocycles. The zero-order valence-corrected chi connectivity index (χ0v) is 11.5. The van der Waals surface area contributed by atoms with Crippen LogP contribution >= 0.6 is 27.7 Å². The molecule has 0 spiro atoms. The number of benzene rings is 1. The first-order valence-corrected chi connectivity index (χ1v) is 6.86. The standard InChI is InChI=1S/C12H12BrN3S/c13-10-2-4-11(5-3-10)17-8-9-1-6-12(16-14)15-7-9/h1-7H,8,14H2,(H,15,16). The molecular weight excluding hydrogens is 298 g/mol. The van der Waals surface area contributed by atoms with Crippen molar-refractivity contribution in [1.82, 2.24) is 4.98 Å². The largest absolute Gasteiger partial charge is 0.308 e. The Morgan fingerprint density at radius 3 is 2.53 bits per heavy atom. The number of hydrogen-bond donors (Lipinski definition) is 2. The first-order valence-electron chi connectivity index (χ1n) is 5.08. The molecule has 2 aromatic rings. The second-order valence-electron chi connectivity index (χ2n) is 3.44. The molecule has 0 saturated carbocycles. The molecule has 0 atom stereocenters. The number of nitrogen functional groups attached to an aromatic ring is 1. The van der Waals surface area contributed by atoms with Gasteiger partial charge < -0.3 is 5.43 Å². The summed E-state index contributed by atoms with van der Waals surface area (Å²) in [5.41, 5.74) is 3.69. The summed E-state index contributed by atoms with van der Waals surface area (Å²) >= 11 is 5.20. The average molecular weight is 310 g/mol. The molecule has 5 heteroatoms. The number of hydrogen-bond acceptors (Lipinski definition) is 4. The van der Waals surface area contributed by atoms with Gasteiger partial charge in [-0.25, -0.2) is 10.8 Å². The van der Waals surface area contributed by atoms with Crippen molar-refractivity contribution in [2.45, 2.75) is 10.6 Å². The van der Waals surface area contributed by atoms with Gasteiger partial charge in [-0.2, -0.15) is 0 Å². The summed E-state index contributed by atoms with van der Waals surface area (Å²) in [6, 6.07) is 12.2.